The molecule has 1 aliphatic carbocycles. The van der Waals surface area contributed by atoms with Crippen LogP contribution in [0.2, 0.25) is 0 Å². The molecule has 3 heteroatoms. The molecule has 19 heavy (non-hydrogen) atoms. The van der Waals surface area contributed by atoms with Gasteiger partial charge in [-0.25, -0.2) is 0 Å². The highest BCUT2D eigenvalue weighted by molar-refractivity contribution is 5.55. The normalized spacial score (nSPS) is 26.9. The van der Waals surface area contributed by atoms with Crippen LogP contribution in [0.3, 0.4) is 0 Å². The number of hydrogen-bond acceptors (Lipinski definition) is 2. The molecule has 1 N–H and O–H groups in total. The molecule has 1 aliphatic heterocycles. The van der Waals surface area contributed by atoms with Gasteiger partial charge >= 0.3 is 0 Å². The van der Waals surface area contributed by atoms with E-state index in [1.165, 1.54) is 24.1 Å². The van der Waals surface area contributed by atoms with Gasteiger partial charge in [0.2, 0.25) is 0 Å². The van der Waals surface area contributed by atoms with Crippen molar-refractivity contribution in [2.45, 2.75) is 38.3 Å². The minimum atomic E-state index is -0.230. The molecule has 1 aromatic carbocycles. The summed E-state index contributed by atoms with van der Waals surface area (Å²) in [6.07, 6.45) is 3.28. The predicted octanol–water partition coefficient (Wildman–Crippen LogP) is 3.12. The van der Waals surface area contributed by atoms with Crippen molar-refractivity contribution in [3.8, 4) is 0 Å². The fourth-order valence-corrected chi connectivity index (χ4v) is 3.25. The fraction of sp³-hybridized carbons (Fsp3) is 0.625. The summed E-state index contributed by atoms with van der Waals surface area (Å²) in [6.45, 7) is 4.84. The van der Waals surface area contributed by atoms with Gasteiger partial charge in [-0.15, -0.1) is 0 Å². The molecule has 0 amide bonds. The highest BCUT2D eigenvalue weighted by Crippen LogP contribution is 2.42. The summed E-state index contributed by atoms with van der Waals surface area (Å²) in [4.78, 5) is 2.38. The molecule has 0 radical (unpaired) electrons. The molecule has 3 rings (SSSR count). The number of para-hydroxylation sites is 1. The van der Waals surface area contributed by atoms with E-state index in [0.717, 1.165) is 25.6 Å². The average molecular weight is 262 g/mol. The third-order valence-electron chi connectivity index (χ3n) is 4.57. The molecular weight excluding hydrogens is 239 g/mol. The topological polar surface area (TPSA) is 15.3 Å². The van der Waals surface area contributed by atoms with Crippen LogP contribution < -0.4 is 10.2 Å². The summed E-state index contributed by atoms with van der Waals surface area (Å²) in [7, 11) is 0. The van der Waals surface area contributed by atoms with Crippen LogP contribution in [0.4, 0.5) is 10.1 Å². The summed E-state index contributed by atoms with van der Waals surface area (Å²) in [5.74, 6) is 0.787. The van der Waals surface area contributed by atoms with Crippen molar-refractivity contribution in [2.75, 3.05) is 24.7 Å². The Morgan fingerprint density at radius 1 is 1.37 bits per heavy atom. The van der Waals surface area contributed by atoms with Gasteiger partial charge in [-0.3, -0.25) is 4.39 Å². The second kappa shape index (κ2) is 5.12. The van der Waals surface area contributed by atoms with Gasteiger partial charge in [0.05, 0.1) is 6.67 Å². The van der Waals surface area contributed by atoms with E-state index in [1.807, 2.05) is 0 Å². The van der Waals surface area contributed by atoms with Crippen molar-refractivity contribution >= 4 is 5.69 Å². The zero-order chi connectivity index (χ0) is 13.3. The maximum Gasteiger partial charge on any atom is 0.0911 e. The lowest BCUT2D eigenvalue weighted by Crippen LogP contribution is -2.51. The molecule has 0 aromatic heterocycles. The van der Waals surface area contributed by atoms with E-state index < -0.39 is 0 Å². The van der Waals surface area contributed by atoms with E-state index in [-0.39, 0.29) is 12.2 Å². The van der Waals surface area contributed by atoms with Gasteiger partial charge in [-0.05, 0) is 43.7 Å². The molecule has 1 atom stereocenters. The fourth-order valence-electron chi connectivity index (χ4n) is 3.25. The van der Waals surface area contributed by atoms with Crippen LogP contribution in [0.25, 0.3) is 0 Å². The van der Waals surface area contributed by atoms with E-state index in [0.29, 0.717) is 6.42 Å². The third kappa shape index (κ3) is 2.62. The number of halogens is 1. The van der Waals surface area contributed by atoms with E-state index in [9.17, 15) is 4.39 Å². The molecule has 0 bridgehead atoms. The van der Waals surface area contributed by atoms with Gasteiger partial charge in [0.15, 0.2) is 0 Å². The van der Waals surface area contributed by atoms with E-state index in [1.54, 1.807) is 0 Å². The number of anilines is 1. The van der Waals surface area contributed by atoms with Crippen LogP contribution in [0.5, 0.6) is 0 Å². The molecule has 1 heterocycles. The summed E-state index contributed by atoms with van der Waals surface area (Å²) in [5, 5.41) is 3.75. The number of nitrogens with one attached hydrogen (secondary N) is 1. The van der Waals surface area contributed by atoms with Gasteiger partial charge in [0, 0.05) is 30.9 Å². The van der Waals surface area contributed by atoms with Crippen LogP contribution >= 0.6 is 0 Å². The molecule has 0 saturated heterocycles. The summed E-state index contributed by atoms with van der Waals surface area (Å²) in [5.41, 5.74) is 2.80. The Kier molecular flexibility index (Phi) is 3.48. The van der Waals surface area contributed by atoms with Crippen molar-refractivity contribution in [1.82, 2.24) is 5.32 Å². The first-order valence-corrected chi connectivity index (χ1v) is 7.37. The molecular formula is C16H23FN2. The lowest BCUT2D eigenvalue weighted by molar-refractivity contribution is 0.314. The number of fused-ring (bicyclic) bond motifs is 1. The number of benzene rings is 1. The first kappa shape index (κ1) is 12.9. The summed E-state index contributed by atoms with van der Waals surface area (Å²) >= 11 is 0. The van der Waals surface area contributed by atoms with Gasteiger partial charge < -0.3 is 10.2 Å². The van der Waals surface area contributed by atoms with Crippen molar-refractivity contribution in [1.29, 1.82) is 0 Å². The van der Waals surface area contributed by atoms with Crippen molar-refractivity contribution in [3.63, 3.8) is 0 Å². The van der Waals surface area contributed by atoms with Crippen LogP contribution in [0.15, 0.2) is 24.3 Å². The number of rotatable bonds is 4. The summed E-state index contributed by atoms with van der Waals surface area (Å²) < 4.78 is 12.5. The second-order valence-electron chi connectivity index (χ2n) is 6.14. The lowest BCUT2D eigenvalue weighted by atomic mass is 9.95. The smallest absolute Gasteiger partial charge is 0.0911 e. The minimum absolute atomic E-state index is 0.176. The lowest BCUT2D eigenvalue weighted by Gasteiger charge is -2.35. The largest absolute Gasteiger partial charge is 0.369 e. The molecule has 1 aromatic rings. The number of nitrogens with zero attached hydrogens (tertiary/aromatic N) is 1. The zero-order valence-electron chi connectivity index (χ0n) is 11.7. The highest BCUT2D eigenvalue weighted by Gasteiger charge is 2.43. The van der Waals surface area contributed by atoms with Crippen LogP contribution in [-0.2, 0) is 6.54 Å². The Morgan fingerprint density at radius 3 is 2.89 bits per heavy atom. The monoisotopic (exact) mass is 262 g/mol. The van der Waals surface area contributed by atoms with E-state index in [2.05, 4.69) is 41.4 Å². The van der Waals surface area contributed by atoms with Gasteiger partial charge in [-0.2, -0.15) is 0 Å². The average Bonchev–Trinajstić information content (AvgIpc) is 3.26. The molecule has 1 unspecified atom stereocenters. The second-order valence-corrected chi connectivity index (χ2v) is 6.14. The van der Waals surface area contributed by atoms with Gasteiger partial charge in [-0.1, -0.05) is 18.2 Å². The zero-order valence-corrected chi connectivity index (χ0v) is 11.7. The quantitative estimate of drug-likeness (QED) is 0.897. The maximum atomic E-state index is 12.5. The van der Waals surface area contributed by atoms with E-state index in [4.69, 9.17) is 0 Å². The molecule has 104 valence electrons. The predicted molar refractivity (Wildman–Crippen MR) is 77.2 cm³/mol. The Labute approximate surface area is 115 Å². The highest BCUT2D eigenvalue weighted by atomic mass is 19.1. The standard InChI is InChI=1S/C16H23FN2/c1-16(14-7-8-14)12-19(10-4-9-17)15-6-3-2-5-13(15)11-18-16/h2-3,5-6,14,18H,4,7-12H2,1H3. The number of alkyl halides is 1. The van der Waals surface area contributed by atoms with Gasteiger partial charge in [0.25, 0.3) is 0 Å². The molecule has 2 aliphatic rings. The third-order valence-corrected chi connectivity index (χ3v) is 4.57. The molecule has 1 fully saturated rings. The minimum Gasteiger partial charge on any atom is -0.369 e. The van der Waals surface area contributed by atoms with Crippen LogP contribution in [0, 0.1) is 5.92 Å². The SMILES string of the molecule is CC1(C2CC2)CN(CCCF)c2ccccc2CN1. The van der Waals surface area contributed by atoms with Crippen molar-refractivity contribution < 1.29 is 4.39 Å². The first-order chi connectivity index (χ1) is 9.23. The number of hydrogen-bond donors (Lipinski definition) is 1. The van der Waals surface area contributed by atoms with E-state index >= 15 is 0 Å². The van der Waals surface area contributed by atoms with Crippen molar-refractivity contribution in [3.05, 3.63) is 29.8 Å². The first-order valence-electron chi connectivity index (χ1n) is 7.37. The Hall–Kier alpha value is -1.09. The molecule has 1 saturated carbocycles. The Bertz CT molecular complexity index is 444. The van der Waals surface area contributed by atoms with Crippen LogP contribution in [0.1, 0.15) is 31.7 Å². The Balaban J connectivity index is 1.87. The Morgan fingerprint density at radius 2 is 2.16 bits per heavy atom. The van der Waals surface area contributed by atoms with Crippen LogP contribution in [-0.4, -0.2) is 25.3 Å². The molecule has 2 nitrogen and oxygen atoms in total. The van der Waals surface area contributed by atoms with Gasteiger partial charge in [0.1, 0.15) is 0 Å². The summed E-state index contributed by atoms with van der Waals surface area (Å²) in [6, 6.07) is 8.53. The maximum absolute atomic E-state index is 12.5. The molecule has 0 spiro atoms. The van der Waals surface area contributed by atoms with Crippen molar-refractivity contribution in [2.24, 2.45) is 5.92 Å².